The summed E-state index contributed by atoms with van der Waals surface area (Å²) in [5.41, 5.74) is 0.913. The highest BCUT2D eigenvalue weighted by Gasteiger charge is 2.23. The fourth-order valence-corrected chi connectivity index (χ4v) is 2.52. The van der Waals surface area contributed by atoms with Crippen molar-refractivity contribution in [2.75, 3.05) is 0 Å². The number of rotatable bonds is 3. The van der Waals surface area contributed by atoms with Crippen LogP contribution in [0.4, 0.5) is 0 Å². The van der Waals surface area contributed by atoms with Crippen LogP contribution in [-0.4, -0.2) is 0 Å². The Balaban J connectivity index is 2.24. The van der Waals surface area contributed by atoms with Gasteiger partial charge in [0.2, 0.25) is 0 Å². The lowest BCUT2D eigenvalue weighted by atomic mass is 9.80. The molecule has 0 aliphatic heterocycles. The van der Waals surface area contributed by atoms with E-state index in [9.17, 15) is 5.11 Å². The van der Waals surface area contributed by atoms with Crippen LogP contribution in [-0.2, 0) is 5.60 Å². The fraction of sp³-hybridized carbons (Fsp3) is 0.0526. The summed E-state index contributed by atoms with van der Waals surface area (Å²) in [6, 6.07) is 28.6. The van der Waals surface area contributed by atoms with Crippen molar-refractivity contribution in [1.29, 1.82) is 0 Å². The summed E-state index contributed by atoms with van der Waals surface area (Å²) in [5.74, 6) is 0. The van der Waals surface area contributed by atoms with Crippen LogP contribution in [0.3, 0.4) is 0 Å². The van der Waals surface area contributed by atoms with Gasteiger partial charge in [0, 0.05) is 0 Å². The predicted molar refractivity (Wildman–Crippen MR) is 79.2 cm³/mol. The summed E-state index contributed by atoms with van der Waals surface area (Å²) in [6.45, 7) is 0. The lowest BCUT2D eigenvalue weighted by Gasteiger charge is -2.42. The molecule has 0 saturated carbocycles. The second-order valence-corrected chi connectivity index (χ2v) is 4.78. The highest BCUT2D eigenvalue weighted by Crippen LogP contribution is 2.33. The molecule has 0 saturated heterocycles. The van der Waals surface area contributed by atoms with Crippen LogP contribution in [0.25, 0.3) is 0 Å². The number of benzene rings is 3. The molecule has 0 fully saturated rings. The third kappa shape index (κ3) is 2.13. The van der Waals surface area contributed by atoms with Crippen LogP contribution in [0.5, 0.6) is 0 Å². The Bertz CT molecular complexity index is 563. The van der Waals surface area contributed by atoms with Gasteiger partial charge in [0.1, 0.15) is 0 Å². The molecule has 3 rings (SSSR count). The van der Waals surface area contributed by atoms with E-state index in [4.69, 9.17) is 0 Å². The molecule has 0 bridgehead atoms. The van der Waals surface area contributed by atoms with E-state index in [0.717, 1.165) is 16.7 Å². The molecule has 0 spiro atoms. The van der Waals surface area contributed by atoms with Crippen molar-refractivity contribution in [3.8, 4) is 0 Å². The van der Waals surface area contributed by atoms with E-state index >= 15 is 0 Å². The van der Waals surface area contributed by atoms with Crippen molar-refractivity contribution in [3.63, 3.8) is 0 Å². The van der Waals surface area contributed by atoms with Crippen LogP contribution in [0.1, 0.15) is 16.7 Å². The van der Waals surface area contributed by atoms with Gasteiger partial charge in [-0.05, 0) is 22.3 Å². The second-order valence-electron chi connectivity index (χ2n) is 4.78. The van der Waals surface area contributed by atoms with Gasteiger partial charge >= 0.3 is 0 Å². The molecule has 0 heterocycles. The molecule has 3 aromatic carbocycles. The minimum Gasteiger partial charge on any atom is -0.839 e. The lowest BCUT2D eigenvalue weighted by Crippen LogP contribution is -2.42. The molecule has 1 nitrogen and oxygen atoms in total. The van der Waals surface area contributed by atoms with E-state index in [2.05, 4.69) is 0 Å². The lowest BCUT2D eigenvalue weighted by molar-refractivity contribution is -0.455. The average Bonchev–Trinajstić information content (AvgIpc) is 2.56. The maximum absolute atomic E-state index is 13.7. The summed E-state index contributed by atoms with van der Waals surface area (Å²) in [7, 11) is 0. The molecule has 0 N–H and O–H groups in total. The minimum atomic E-state index is -1.37. The molecule has 0 aromatic heterocycles. The highest BCUT2D eigenvalue weighted by molar-refractivity contribution is 5.45. The zero-order valence-electron chi connectivity index (χ0n) is 11.1. The van der Waals surface area contributed by atoms with Crippen molar-refractivity contribution in [2.45, 2.75) is 5.60 Å². The second kappa shape index (κ2) is 5.32. The molecule has 98 valence electrons. The largest absolute Gasteiger partial charge is 0.839 e. The first-order valence-corrected chi connectivity index (χ1v) is 6.69. The zero-order valence-corrected chi connectivity index (χ0v) is 11.1. The smallest absolute Gasteiger partial charge is 0.0341 e. The Morgan fingerprint density at radius 2 is 0.700 bits per heavy atom. The molecular weight excluding hydrogens is 244 g/mol. The highest BCUT2D eigenvalue weighted by atomic mass is 16.3. The summed E-state index contributed by atoms with van der Waals surface area (Å²) in [4.78, 5) is 0. The van der Waals surface area contributed by atoms with Crippen LogP contribution < -0.4 is 5.11 Å². The van der Waals surface area contributed by atoms with Gasteiger partial charge in [-0.25, -0.2) is 0 Å². The van der Waals surface area contributed by atoms with Gasteiger partial charge in [0.25, 0.3) is 0 Å². The van der Waals surface area contributed by atoms with E-state index in [0.29, 0.717) is 0 Å². The molecular formula is C19H15O-. The quantitative estimate of drug-likeness (QED) is 0.662. The monoisotopic (exact) mass is 259 g/mol. The molecule has 0 atom stereocenters. The van der Waals surface area contributed by atoms with Gasteiger partial charge in [0.15, 0.2) is 0 Å². The van der Waals surface area contributed by atoms with Crippen LogP contribution in [0, 0.1) is 0 Å². The third-order valence-electron chi connectivity index (χ3n) is 3.54. The van der Waals surface area contributed by atoms with Crippen molar-refractivity contribution >= 4 is 0 Å². The SMILES string of the molecule is [O-]C(c1ccccc1)(c1ccccc1)c1ccccc1. The standard InChI is InChI=1S/C19H15O/c20-19(16-10-4-1-5-11-16,17-12-6-2-7-13-17)18-14-8-3-9-15-18/h1-15H/q-1. The number of hydrogen-bond donors (Lipinski definition) is 0. The molecule has 0 radical (unpaired) electrons. The van der Waals surface area contributed by atoms with Gasteiger partial charge < -0.3 is 5.11 Å². The summed E-state index contributed by atoms with van der Waals surface area (Å²) >= 11 is 0. The van der Waals surface area contributed by atoms with Crippen LogP contribution in [0.15, 0.2) is 91.0 Å². The zero-order chi connectivity index (χ0) is 13.8. The van der Waals surface area contributed by atoms with Crippen molar-refractivity contribution in [1.82, 2.24) is 0 Å². The summed E-state index contributed by atoms with van der Waals surface area (Å²) in [6.07, 6.45) is 0. The first-order valence-electron chi connectivity index (χ1n) is 6.69. The number of hydrogen-bond acceptors (Lipinski definition) is 1. The third-order valence-corrected chi connectivity index (χ3v) is 3.54. The Labute approximate surface area is 119 Å². The Hall–Kier alpha value is -2.38. The Morgan fingerprint density at radius 3 is 0.950 bits per heavy atom. The fourth-order valence-electron chi connectivity index (χ4n) is 2.52. The van der Waals surface area contributed by atoms with E-state index < -0.39 is 5.60 Å². The van der Waals surface area contributed by atoms with Gasteiger partial charge in [-0.1, -0.05) is 91.0 Å². The first-order chi connectivity index (χ1) is 9.82. The van der Waals surface area contributed by atoms with E-state index in [1.54, 1.807) is 0 Å². The van der Waals surface area contributed by atoms with Crippen molar-refractivity contribution in [3.05, 3.63) is 108 Å². The molecule has 0 amide bonds. The molecule has 0 aliphatic rings. The molecule has 0 aliphatic carbocycles. The Morgan fingerprint density at radius 1 is 0.450 bits per heavy atom. The van der Waals surface area contributed by atoms with Gasteiger partial charge in [-0.15, -0.1) is 0 Å². The van der Waals surface area contributed by atoms with Crippen molar-refractivity contribution < 1.29 is 5.11 Å². The molecule has 3 aromatic rings. The summed E-state index contributed by atoms with van der Waals surface area (Å²) < 4.78 is 0. The first kappa shape index (κ1) is 12.6. The minimum absolute atomic E-state index is 0.761. The summed E-state index contributed by atoms with van der Waals surface area (Å²) in [5, 5.41) is 13.7. The Kier molecular flexibility index (Phi) is 3.36. The average molecular weight is 259 g/mol. The van der Waals surface area contributed by atoms with Crippen LogP contribution in [0.2, 0.25) is 0 Å². The maximum Gasteiger partial charge on any atom is -0.0341 e. The predicted octanol–water partition coefficient (Wildman–Crippen LogP) is 3.34. The van der Waals surface area contributed by atoms with E-state index in [-0.39, 0.29) is 0 Å². The van der Waals surface area contributed by atoms with Gasteiger partial charge in [-0.2, -0.15) is 0 Å². The van der Waals surface area contributed by atoms with E-state index in [1.165, 1.54) is 0 Å². The van der Waals surface area contributed by atoms with E-state index in [1.807, 2.05) is 91.0 Å². The van der Waals surface area contributed by atoms with Crippen molar-refractivity contribution in [2.24, 2.45) is 0 Å². The molecule has 0 unspecified atom stereocenters. The van der Waals surface area contributed by atoms with Gasteiger partial charge in [0.05, 0.1) is 0 Å². The topological polar surface area (TPSA) is 23.1 Å². The molecule has 1 heteroatoms. The molecule has 20 heavy (non-hydrogen) atoms. The van der Waals surface area contributed by atoms with Gasteiger partial charge in [-0.3, -0.25) is 0 Å². The maximum atomic E-state index is 13.7. The van der Waals surface area contributed by atoms with Crippen LogP contribution >= 0.6 is 0 Å². The normalized spacial score (nSPS) is 11.2.